The molecule has 1 atom stereocenters. The molecule has 0 spiro atoms. The van der Waals surface area contributed by atoms with Gasteiger partial charge in [0.2, 0.25) is 12.6 Å². The molecule has 132 valence electrons. The Morgan fingerprint density at radius 1 is 1.12 bits per heavy atom. The highest BCUT2D eigenvalue weighted by molar-refractivity contribution is 6.11. The van der Waals surface area contributed by atoms with Crippen LogP contribution >= 0.6 is 0 Å². The summed E-state index contributed by atoms with van der Waals surface area (Å²) in [6.45, 7) is 3.54. The molecule has 0 amide bonds. The third-order valence-corrected chi connectivity index (χ3v) is 4.40. The van der Waals surface area contributed by atoms with Gasteiger partial charge in [-0.25, -0.2) is 4.79 Å². The average Bonchev–Trinajstić information content (AvgIpc) is 3.23. The van der Waals surface area contributed by atoms with Crippen molar-refractivity contribution in [1.82, 2.24) is 4.98 Å². The highest BCUT2D eigenvalue weighted by Gasteiger charge is 2.25. The molecule has 6 heteroatoms. The van der Waals surface area contributed by atoms with Crippen LogP contribution in [-0.4, -0.2) is 29.6 Å². The third kappa shape index (κ3) is 2.69. The standard InChI is InChI=1S/C20H17NO5/c1-11-18(14-5-3-4-6-15(14)21-11)19(22)12(2)26-20(23)13-7-8-16-17(9-13)25-10-24-16/h3-9,12,21H,10H2,1-2H3/t12-/m0/s1. The van der Waals surface area contributed by atoms with Crippen LogP contribution in [-0.2, 0) is 4.74 Å². The number of carbonyl (C=O) groups is 2. The lowest BCUT2D eigenvalue weighted by Crippen LogP contribution is -2.24. The molecule has 0 fully saturated rings. The maximum atomic E-state index is 12.9. The summed E-state index contributed by atoms with van der Waals surface area (Å²) in [7, 11) is 0. The summed E-state index contributed by atoms with van der Waals surface area (Å²) >= 11 is 0. The van der Waals surface area contributed by atoms with E-state index in [2.05, 4.69) is 4.98 Å². The second-order valence-electron chi connectivity index (χ2n) is 6.15. The molecule has 2 aromatic carbocycles. The van der Waals surface area contributed by atoms with Gasteiger partial charge in [-0.15, -0.1) is 0 Å². The Kier molecular flexibility index (Phi) is 3.88. The lowest BCUT2D eigenvalue weighted by Gasteiger charge is -2.13. The van der Waals surface area contributed by atoms with Gasteiger partial charge in [0, 0.05) is 22.2 Å². The molecule has 0 saturated carbocycles. The molecular formula is C20H17NO5. The highest BCUT2D eigenvalue weighted by atomic mass is 16.7. The normalized spacial score (nSPS) is 13.6. The molecule has 0 aliphatic carbocycles. The van der Waals surface area contributed by atoms with E-state index in [1.807, 2.05) is 31.2 Å². The number of nitrogens with one attached hydrogen (secondary N) is 1. The van der Waals surface area contributed by atoms with Crippen molar-refractivity contribution in [2.75, 3.05) is 6.79 Å². The van der Waals surface area contributed by atoms with Gasteiger partial charge < -0.3 is 19.2 Å². The van der Waals surface area contributed by atoms with Gasteiger partial charge in [-0.2, -0.15) is 0 Å². The minimum Gasteiger partial charge on any atom is -0.454 e. The number of aryl methyl sites for hydroxylation is 1. The van der Waals surface area contributed by atoms with Crippen LogP contribution in [0.5, 0.6) is 11.5 Å². The summed E-state index contributed by atoms with van der Waals surface area (Å²) in [6, 6.07) is 12.3. The topological polar surface area (TPSA) is 77.6 Å². The number of para-hydroxylation sites is 1. The van der Waals surface area contributed by atoms with Gasteiger partial charge >= 0.3 is 5.97 Å². The first-order valence-corrected chi connectivity index (χ1v) is 8.27. The Bertz CT molecular complexity index is 1020. The quantitative estimate of drug-likeness (QED) is 0.574. The number of benzene rings is 2. The predicted octanol–water partition coefficient (Wildman–Crippen LogP) is 3.63. The first-order valence-electron chi connectivity index (χ1n) is 8.27. The number of ketones is 1. The fourth-order valence-electron chi connectivity index (χ4n) is 3.10. The number of hydrogen-bond donors (Lipinski definition) is 1. The van der Waals surface area contributed by atoms with Crippen molar-refractivity contribution < 1.29 is 23.8 Å². The molecule has 1 aliphatic heterocycles. The minimum atomic E-state index is -0.911. The van der Waals surface area contributed by atoms with Crippen molar-refractivity contribution in [2.45, 2.75) is 20.0 Å². The van der Waals surface area contributed by atoms with Crippen molar-refractivity contribution in [3.8, 4) is 11.5 Å². The van der Waals surface area contributed by atoms with E-state index in [4.69, 9.17) is 14.2 Å². The summed E-state index contributed by atoms with van der Waals surface area (Å²) < 4.78 is 15.9. The number of Topliss-reactive ketones (excluding diaryl/α,β-unsaturated/α-hetero) is 1. The average molecular weight is 351 g/mol. The predicted molar refractivity (Wildman–Crippen MR) is 94.8 cm³/mol. The van der Waals surface area contributed by atoms with Gasteiger partial charge in [0.25, 0.3) is 0 Å². The SMILES string of the molecule is Cc1[nH]c2ccccc2c1C(=O)[C@H](C)OC(=O)c1ccc2c(c1)OCO2. The molecular weight excluding hydrogens is 334 g/mol. The summed E-state index contributed by atoms with van der Waals surface area (Å²) in [5.74, 6) is 0.252. The van der Waals surface area contributed by atoms with E-state index in [-0.39, 0.29) is 12.6 Å². The Hall–Kier alpha value is -3.28. The molecule has 0 bridgehead atoms. The zero-order valence-electron chi connectivity index (χ0n) is 14.4. The largest absolute Gasteiger partial charge is 0.454 e. The van der Waals surface area contributed by atoms with Crippen molar-refractivity contribution in [2.24, 2.45) is 0 Å². The van der Waals surface area contributed by atoms with Gasteiger partial charge in [0.15, 0.2) is 17.6 Å². The van der Waals surface area contributed by atoms with E-state index in [1.165, 1.54) is 0 Å². The lowest BCUT2D eigenvalue weighted by molar-refractivity contribution is 0.0319. The molecule has 0 unspecified atom stereocenters. The van der Waals surface area contributed by atoms with E-state index in [1.54, 1.807) is 25.1 Å². The highest BCUT2D eigenvalue weighted by Crippen LogP contribution is 2.33. The first kappa shape index (κ1) is 16.2. The van der Waals surface area contributed by atoms with Crippen LogP contribution in [0.15, 0.2) is 42.5 Å². The van der Waals surface area contributed by atoms with Gasteiger partial charge in [-0.1, -0.05) is 18.2 Å². The molecule has 6 nitrogen and oxygen atoms in total. The smallest absolute Gasteiger partial charge is 0.338 e. The van der Waals surface area contributed by atoms with Crippen molar-refractivity contribution in [1.29, 1.82) is 0 Å². The molecule has 1 N–H and O–H groups in total. The van der Waals surface area contributed by atoms with E-state index in [0.717, 1.165) is 16.6 Å². The van der Waals surface area contributed by atoms with Crippen LogP contribution in [0.2, 0.25) is 0 Å². The van der Waals surface area contributed by atoms with Crippen LogP contribution < -0.4 is 9.47 Å². The number of H-pyrrole nitrogens is 1. The zero-order valence-corrected chi connectivity index (χ0v) is 14.4. The van der Waals surface area contributed by atoms with Gasteiger partial charge in [-0.05, 0) is 38.1 Å². The Balaban J connectivity index is 1.55. The number of aromatic amines is 1. The fraction of sp³-hybridized carbons (Fsp3) is 0.200. The van der Waals surface area contributed by atoms with E-state index >= 15 is 0 Å². The maximum Gasteiger partial charge on any atom is 0.338 e. The van der Waals surface area contributed by atoms with Crippen LogP contribution in [0.3, 0.4) is 0 Å². The molecule has 0 saturated heterocycles. The summed E-state index contributed by atoms with van der Waals surface area (Å²) in [4.78, 5) is 28.4. The number of carbonyl (C=O) groups excluding carboxylic acids is 2. The number of rotatable bonds is 4. The van der Waals surface area contributed by atoms with Gasteiger partial charge in [0.05, 0.1) is 5.56 Å². The van der Waals surface area contributed by atoms with Crippen molar-refractivity contribution in [3.63, 3.8) is 0 Å². The number of ether oxygens (including phenoxy) is 3. The summed E-state index contributed by atoms with van der Waals surface area (Å²) in [6.07, 6.45) is -0.911. The van der Waals surface area contributed by atoms with Crippen LogP contribution in [0.4, 0.5) is 0 Å². The van der Waals surface area contributed by atoms with Crippen LogP contribution in [0.25, 0.3) is 10.9 Å². The van der Waals surface area contributed by atoms with Gasteiger partial charge in [0.1, 0.15) is 0 Å². The Labute approximate surface area is 149 Å². The Morgan fingerprint density at radius 2 is 1.88 bits per heavy atom. The molecule has 1 aliphatic rings. The molecule has 1 aromatic heterocycles. The Morgan fingerprint density at radius 3 is 2.73 bits per heavy atom. The third-order valence-electron chi connectivity index (χ3n) is 4.40. The van der Waals surface area contributed by atoms with Crippen LogP contribution in [0, 0.1) is 6.92 Å². The molecule has 3 aromatic rings. The van der Waals surface area contributed by atoms with E-state index in [0.29, 0.717) is 22.6 Å². The van der Waals surface area contributed by atoms with Gasteiger partial charge in [-0.3, -0.25) is 4.79 Å². The molecule has 2 heterocycles. The maximum absolute atomic E-state index is 12.9. The number of hydrogen-bond acceptors (Lipinski definition) is 5. The molecule has 26 heavy (non-hydrogen) atoms. The fourth-order valence-corrected chi connectivity index (χ4v) is 3.10. The summed E-state index contributed by atoms with van der Waals surface area (Å²) in [5, 5.41) is 0.820. The lowest BCUT2D eigenvalue weighted by atomic mass is 10.0. The number of fused-ring (bicyclic) bond motifs is 2. The van der Waals surface area contributed by atoms with E-state index in [9.17, 15) is 9.59 Å². The van der Waals surface area contributed by atoms with Crippen molar-refractivity contribution >= 4 is 22.7 Å². The second kappa shape index (κ2) is 6.22. The second-order valence-corrected chi connectivity index (χ2v) is 6.15. The first-order chi connectivity index (χ1) is 12.5. The number of aromatic nitrogens is 1. The van der Waals surface area contributed by atoms with Crippen molar-refractivity contribution in [3.05, 3.63) is 59.3 Å². The molecule has 4 rings (SSSR count). The minimum absolute atomic E-state index is 0.128. The zero-order chi connectivity index (χ0) is 18.3. The monoisotopic (exact) mass is 351 g/mol. The summed E-state index contributed by atoms with van der Waals surface area (Å²) in [5.41, 5.74) is 2.49. The number of esters is 1. The molecule has 0 radical (unpaired) electrons. The van der Waals surface area contributed by atoms with Crippen LogP contribution in [0.1, 0.15) is 33.3 Å². The van der Waals surface area contributed by atoms with E-state index < -0.39 is 12.1 Å².